The molecule has 0 N–H and O–H groups in total. The highest BCUT2D eigenvalue weighted by Crippen LogP contribution is 2.49. The van der Waals surface area contributed by atoms with Crippen LogP contribution in [0.25, 0.3) is 102 Å². The Bertz CT molecular complexity index is 3030. The summed E-state index contributed by atoms with van der Waals surface area (Å²) in [6.07, 6.45) is 0. The second-order valence-electron chi connectivity index (χ2n) is 12.8. The fraction of sp³-hybridized carbons (Fsp3) is 0. The molecule has 4 nitrogen and oxygen atoms in total. The highest BCUT2D eigenvalue weighted by Gasteiger charge is 2.22. The summed E-state index contributed by atoms with van der Waals surface area (Å²) in [6.45, 7) is 0. The molecular weight excluding hydrogens is 661 g/mol. The molecule has 0 bridgehead atoms. The second kappa shape index (κ2) is 11.2. The highest BCUT2D eigenvalue weighted by atomic mass is 32.1. The number of nitrogens with zero attached hydrogens (tertiary/aromatic N) is 4. The fourth-order valence-corrected chi connectivity index (χ4v) is 9.96. The van der Waals surface area contributed by atoms with E-state index < -0.39 is 0 Å². The van der Waals surface area contributed by atoms with E-state index in [0.717, 1.165) is 16.7 Å². The Kier molecular flexibility index (Phi) is 6.26. The van der Waals surface area contributed by atoms with Crippen LogP contribution in [0.2, 0.25) is 0 Å². The molecule has 4 heterocycles. The molecule has 4 aromatic heterocycles. The molecule has 0 unspecified atom stereocenters. The van der Waals surface area contributed by atoms with Gasteiger partial charge >= 0.3 is 0 Å². The minimum absolute atomic E-state index is 0.663. The van der Waals surface area contributed by atoms with Crippen LogP contribution in [0.3, 0.4) is 0 Å². The molecule has 0 atom stereocenters. The molecule has 6 heteroatoms. The van der Waals surface area contributed by atoms with Gasteiger partial charge in [-0.2, -0.15) is 0 Å². The third-order valence-corrected chi connectivity index (χ3v) is 12.1. The predicted octanol–water partition coefficient (Wildman–Crippen LogP) is 12.7. The zero-order valence-electron chi connectivity index (χ0n) is 27.1. The Labute approximate surface area is 300 Å². The van der Waals surface area contributed by atoms with E-state index in [-0.39, 0.29) is 0 Å². The molecule has 0 saturated carbocycles. The summed E-state index contributed by atoms with van der Waals surface area (Å²) in [5, 5.41) is 7.52. The first-order chi connectivity index (χ1) is 25.3. The van der Waals surface area contributed by atoms with E-state index in [0.29, 0.717) is 17.5 Å². The van der Waals surface area contributed by atoms with Gasteiger partial charge in [0.15, 0.2) is 17.5 Å². The predicted molar refractivity (Wildman–Crippen MR) is 216 cm³/mol. The molecule has 11 rings (SSSR count). The van der Waals surface area contributed by atoms with Crippen LogP contribution in [-0.2, 0) is 0 Å². The van der Waals surface area contributed by atoms with E-state index in [1.54, 1.807) is 0 Å². The largest absolute Gasteiger partial charge is 0.309 e. The van der Waals surface area contributed by atoms with Crippen molar-refractivity contribution in [3.05, 3.63) is 158 Å². The van der Waals surface area contributed by atoms with Gasteiger partial charge in [0.25, 0.3) is 0 Å². The van der Waals surface area contributed by atoms with Crippen LogP contribution in [0.15, 0.2) is 158 Å². The van der Waals surface area contributed by atoms with Crippen LogP contribution in [0.4, 0.5) is 0 Å². The van der Waals surface area contributed by atoms with Gasteiger partial charge in [0.2, 0.25) is 0 Å². The highest BCUT2D eigenvalue weighted by molar-refractivity contribution is 7.28. The number of rotatable bonds is 4. The summed E-state index contributed by atoms with van der Waals surface area (Å²) in [5.41, 5.74) is 6.54. The summed E-state index contributed by atoms with van der Waals surface area (Å²) in [5.74, 6) is 2.00. The molecule has 11 aromatic rings. The van der Waals surface area contributed by atoms with Crippen molar-refractivity contribution < 1.29 is 0 Å². The summed E-state index contributed by atoms with van der Waals surface area (Å²) < 4.78 is 7.46. The molecule has 0 aliphatic heterocycles. The molecule has 7 aromatic carbocycles. The smallest absolute Gasteiger partial charge is 0.164 e. The molecule has 0 spiro atoms. The van der Waals surface area contributed by atoms with Gasteiger partial charge in [0.05, 0.1) is 16.7 Å². The normalized spacial score (nSPS) is 11.9. The van der Waals surface area contributed by atoms with Crippen LogP contribution in [0, 0.1) is 0 Å². The topological polar surface area (TPSA) is 43.6 Å². The second-order valence-corrected chi connectivity index (χ2v) is 14.9. The van der Waals surface area contributed by atoms with Gasteiger partial charge in [0, 0.05) is 67.8 Å². The van der Waals surface area contributed by atoms with E-state index in [2.05, 4.69) is 126 Å². The van der Waals surface area contributed by atoms with Crippen molar-refractivity contribution in [1.29, 1.82) is 0 Å². The maximum absolute atomic E-state index is 5.17. The molecule has 0 saturated heterocycles. The van der Waals surface area contributed by atoms with E-state index in [4.69, 9.17) is 15.0 Å². The third kappa shape index (κ3) is 4.34. The molecule has 238 valence electrons. The molecule has 0 radical (unpaired) electrons. The minimum atomic E-state index is 0.663. The number of hydrogen-bond donors (Lipinski definition) is 0. The lowest BCUT2D eigenvalue weighted by Crippen LogP contribution is -2.00. The SMILES string of the molecule is c1ccc(-c2nc(-c3ccccc3)nc(-c3cccc4sc5ccc6sc7cccc(-n8c9ccccc9c9ccccc98)c7c6c5c34)n2)cc1. The molecule has 0 amide bonds. The van der Waals surface area contributed by atoms with Crippen LogP contribution in [0.1, 0.15) is 0 Å². The summed E-state index contributed by atoms with van der Waals surface area (Å²) in [6, 6.07) is 55.8. The van der Waals surface area contributed by atoms with Crippen molar-refractivity contribution >= 4 is 84.8 Å². The molecule has 0 aliphatic carbocycles. The maximum Gasteiger partial charge on any atom is 0.164 e. The zero-order valence-corrected chi connectivity index (χ0v) is 28.7. The van der Waals surface area contributed by atoms with E-state index in [1.807, 2.05) is 59.1 Å². The third-order valence-electron chi connectivity index (χ3n) is 9.86. The van der Waals surface area contributed by atoms with E-state index in [1.165, 1.54) is 67.8 Å². The molecule has 0 fully saturated rings. The minimum Gasteiger partial charge on any atom is -0.309 e. The standard InChI is InChI=1S/C45H26N4S2/c1-3-13-27(14-4-1)43-46-44(28-15-5-2-6-16-28)48-45(47-43)31-19-11-23-35-39(31)41-37(50-35)25-26-38-42(41)40-34(22-12-24-36(40)51-38)49-32-20-9-7-17-29(32)30-18-8-10-21-33(30)49/h1-26H. The molecular formula is C45H26N4S2. The van der Waals surface area contributed by atoms with Crippen molar-refractivity contribution in [3.8, 4) is 39.9 Å². The quantitative estimate of drug-likeness (QED) is 0.185. The van der Waals surface area contributed by atoms with Crippen molar-refractivity contribution in [3.63, 3.8) is 0 Å². The van der Waals surface area contributed by atoms with Gasteiger partial charge in [-0.15, -0.1) is 22.7 Å². The Morgan fingerprint density at radius 2 is 0.824 bits per heavy atom. The average molecular weight is 687 g/mol. The number of benzene rings is 7. The van der Waals surface area contributed by atoms with E-state index in [9.17, 15) is 0 Å². The van der Waals surface area contributed by atoms with Crippen LogP contribution >= 0.6 is 22.7 Å². The monoisotopic (exact) mass is 686 g/mol. The van der Waals surface area contributed by atoms with Crippen LogP contribution < -0.4 is 0 Å². The fourth-order valence-electron chi connectivity index (χ4n) is 7.68. The Balaban J connectivity index is 1.26. The van der Waals surface area contributed by atoms with Crippen molar-refractivity contribution in [2.45, 2.75) is 0 Å². The van der Waals surface area contributed by atoms with Gasteiger partial charge < -0.3 is 4.57 Å². The van der Waals surface area contributed by atoms with Gasteiger partial charge in [-0.05, 0) is 42.5 Å². The number of aromatic nitrogens is 4. The summed E-state index contributed by atoms with van der Waals surface area (Å²) in [4.78, 5) is 15.3. The van der Waals surface area contributed by atoms with Gasteiger partial charge in [-0.3, -0.25) is 0 Å². The summed E-state index contributed by atoms with van der Waals surface area (Å²) in [7, 11) is 0. The molecule has 51 heavy (non-hydrogen) atoms. The van der Waals surface area contributed by atoms with Crippen LogP contribution in [0.5, 0.6) is 0 Å². The average Bonchev–Trinajstić information content (AvgIpc) is 3.88. The lowest BCUT2D eigenvalue weighted by atomic mass is 10.0. The van der Waals surface area contributed by atoms with E-state index >= 15 is 0 Å². The Morgan fingerprint density at radius 1 is 0.353 bits per heavy atom. The van der Waals surface area contributed by atoms with Gasteiger partial charge in [0.1, 0.15) is 0 Å². The number of hydrogen-bond acceptors (Lipinski definition) is 5. The lowest BCUT2D eigenvalue weighted by Gasteiger charge is -2.11. The Morgan fingerprint density at radius 3 is 1.43 bits per heavy atom. The number of thiophene rings is 2. The van der Waals surface area contributed by atoms with Crippen LogP contribution in [-0.4, -0.2) is 19.5 Å². The zero-order chi connectivity index (χ0) is 33.5. The van der Waals surface area contributed by atoms with Crippen molar-refractivity contribution in [2.75, 3.05) is 0 Å². The molecule has 0 aliphatic rings. The lowest BCUT2D eigenvalue weighted by molar-refractivity contribution is 1.08. The van der Waals surface area contributed by atoms with Gasteiger partial charge in [-0.1, -0.05) is 115 Å². The Hall–Kier alpha value is -6.21. The number of para-hydroxylation sites is 2. The first-order valence-corrected chi connectivity index (χ1v) is 18.6. The van der Waals surface area contributed by atoms with Crippen molar-refractivity contribution in [1.82, 2.24) is 19.5 Å². The van der Waals surface area contributed by atoms with Gasteiger partial charge in [-0.25, -0.2) is 15.0 Å². The summed E-state index contributed by atoms with van der Waals surface area (Å²) >= 11 is 3.70. The number of fused-ring (bicyclic) bond motifs is 10. The first kappa shape index (κ1) is 28.6. The maximum atomic E-state index is 5.17. The first-order valence-electron chi connectivity index (χ1n) is 17.0. The van der Waals surface area contributed by atoms with Crippen molar-refractivity contribution in [2.24, 2.45) is 0 Å².